The van der Waals surface area contributed by atoms with Gasteiger partial charge in [0.05, 0.1) is 13.2 Å². The molecule has 5 heteroatoms. The van der Waals surface area contributed by atoms with Crippen molar-refractivity contribution >= 4 is 5.91 Å². The number of morpholine rings is 1. The van der Waals surface area contributed by atoms with Crippen LogP contribution in [0.5, 0.6) is 0 Å². The standard InChI is InChI=1S/C19H21N3O2/c1-13-7-8-20-18(21-13)17-12-22(9-10-24-17)19(23)16-6-5-14-3-2-4-15(14)11-16/h5-8,11,17H,2-4,9-10,12H2,1H3/t17-/m1/s1. The van der Waals surface area contributed by atoms with Gasteiger partial charge in [-0.05, 0) is 55.5 Å². The van der Waals surface area contributed by atoms with Crippen LogP contribution in [0.25, 0.3) is 0 Å². The smallest absolute Gasteiger partial charge is 0.254 e. The van der Waals surface area contributed by atoms with Gasteiger partial charge in [-0.1, -0.05) is 6.07 Å². The van der Waals surface area contributed by atoms with E-state index in [9.17, 15) is 4.79 Å². The first-order valence-electron chi connectivity index (χ1n) is 8.53. The molecular weight excluding hydrogens is 302 g/mol. The van der Waals surface area contributed by atoms with Crippen molar-refractivity contribution in [3.05, 3.63) is 58.7 Å². The molecule has 1 saturated heterocycles. The molecule has 1 aromatic carbocycles. The Morgan fingerprint density at radius 1 is 1.25 bits per heavy atom. The number of rotatable bonds is 2. The number of amides is 1. The van der Waals surface area contributed by atoms with Crippen molar-refractivity contribution in [3.63, 3.8) is 0 Å². The highest BCUT2D eigenvalue weighted by molar-refractivity contribution is 5.94. The Morgan fingerprint density at radius 3 is 3.00 bits per heavy atom. The third-order valence-corrected chi connectivity index (χ3v) is 4.80. The molecule has 1 fully saturated rings. The summed E-state index contributed by atoms with van der Waals surface area (Å²) in [5.74, 6) is 0.729. The molecule has 1 aliphatic heterocycles. The summed E-state index contributed by atoms with van der Waals surface area (Å²) in [7, 11) is 0. The second-order valence-corrected chi connectivity index (χ2v) is 6.50. The van der Waals surface area contributed by atoms with E-state index in [0.29, 0.717) is 25.5 Å². The summed E-state index contributed by atoms with van der Waals surface area (Å²) in [5, 5.41) is 0. The Hall–Kier alpha value is -2.27. The second kappa shape index (κ2) is 6.32. The molecule has 0 N–H and O–H groups in total. The number of hydrogen-bond acceptors (Lipinski definition) is 4. The molecule has 1 atom stereocenters. The van der Waals surface area contributed by atoms with Gasteiger partial charge >= 0.3 is 0 Å². The molecule has 1 aromatic heterocycles. The highest BCUT2D eigenvalue weighted by Gasteiger charge is 2.28. The van der Waals surface area contributed by atoms with E-state index in [1.165, 1.54) is 17.5 Å². The molecule has 0 radical (unpaired) electrons. The molecule has 0 unspecified atom stereocenters. The van der Waals surface area contributed by atoms with E-state index < -0.39 is 0 Å². The molecule has 2 aliphatic rings. The number of carbonyl (C=O) groups excluding carboxylic acids is 1. The quantitative estimate of drug-likeness (QED) is 0.852. The summed E-state index contributed by atoms with van der Waals surface area (Å²) in [5.41, 5.74) is 4.40. The first-order chi connectivity index (χ1) is 11.7. The second-order valence-electron chi connectivity index (χ2n) is 6.50. The molecule has 5 nitrogen and oxygen atoms in total. The lowest BCUT2D eigenvalue weighted by atomic mass is 10.1. The number of carbonyl (C=O) groups is 1. The Kier molecular flexibility index (Phi) is 4.02. The summed E-state index contributed by atoms with van der Waals surface area (Å²) >= 11 is 0. The van der Waals surface area contributed by atoms with E-state index in [2.05, 4.69) is 22.1 Å². The molecule has 24 heavy (non-hydrogen) atoms. The van der Waals surface area contributed by atoms with Crippen LogP contribution in [-0.4, -0.2) is 40.5 Å². The summed E-state index contributed by atoms with van der Waals surface area (Å²) in [4.78, 5) is 23.5. The fraction of sp³-hybridized carbons (Fsp3) is 0.421. The molecule has 0 spiro atoms. The average Bonchev–Trinajstić information content (AvgIpc) is 3.09. The minimum Gasteiger partial charge on any atom is -0.367 e. The molecule has 1 amide bonds. The van der Waals surface area contributed by atoms with Gasteiger partial charge in [0.1, 0.15) is 6.10 Å². The molecule has 2 heterocycles. The van der Waals surface area contributed by atoms with Crippen LogP contribution in [0.15, 0.2) is 30.5 Å². The van der Waals surface area contributed by atoms with E-state index in [1.54, 1.807) is 6.20 Å². The topological polar surface area (TPSA) is 55.3 Å². The van der Waals surface area contributed by atoms with Crippen molar-refractivity contribution < 1.29 is 9.53 Å². The third-order valence-electron chi connectivity index (χ3n) is 4.80. The zero-order valence-corrected chi connectivity index (χ0v) is 13.9. The first kappa shape index (κ1) is 15.3. The third kappa shape index (κ3) is 2.91. The zero-order chi connectivity index (χ0) is 16.5. The molecular formula is C19H21N3O2. The number of benzene rings is 1. The number of ether oxygens (including phenoxy) is 1. The molecule has 0 saturated carbocycles. The van der Waals surface area contributed by atoms with Gasteiger partial charge in [0, 0.05) is 24.0 Å². The zero-order valence-electron chi connectivity index (χ0n) is 13.9. The Morgan fingerprint density at radius 2 is 2.12 bits per heavy atom. The fourth-order valence-corrected chi connectivity index (χ4v) is 3.50. The summed E-state index contributed by atoms with van der Waals surface area (Å²) in [6, 6.07) is 8.00. The Balaban J connectivity index is 1.52. The molecule has 1 aliphatic carbocycles. The molecule has 124 valence electrons. The fourth-order valence-electron chi connectivity index (χ4n) is 3.50. The predicted molar refractivity (Wildman–Crippen MR) is 89.8 cm³/mol. The van der Waals surface area contributed by atoms with E-state index >= 15 is 0 Å². The lowest BCUT2D eigenvalue weighted by molar-refractivity contribution is -0.0268. The van der Waals surface area contributed by atoms with Crippen LogP contribution in [0.4, 0.5) is 0 Å². The number of aromatic nitrogens is 2. The van der Waals surface area contributed by atoms with Crippen LogP contribution in [0, 0.1) is 6.92 Å². The van der Waals surface area contributed by atoms with Gasteiger partial charge in [-0.3, -0.25) is 4.79 Å². The van der Waals surface area contributed by atoms with Gasteiger partial charge in [-0.2, -0.15) is 0 Å². The Bertz CT molecular complexity index is 775. The van der Waals surface area contributed by atoms with Crippen LogP contribution in [0.2, 0.25) is 0 Å². The minimum atomic E-state index is -0.253. The lowest BCUT2D eigenvalue weighted by Gasteiger charge is -2.32. The maximum absolute atomic E-state index is 12.9. The predicted octanol–water partition coefficient (Wildman–Crippen LogP) is 2.49. The van der Waals surface area contributed by atoms with Crippen LogP contribution < -0.4 is 0 Å². The van der Waals surface area contributed by atoms with Gasteiger partial charge in [0.25, 0.3) is 5.91 Å². The van der Waals surface area contributed by atoms with E-state index in [4.69, 9.17) is 4.74 Å². The minimum absolute atomic E-state index is 0.0747. The van der Waals surface area contributed by atoms with E-state index in [-0.39, 0.29) is 12.0 Å². The molecule has 2 aromatic rings. The number of nitrogens with zero attached hydrogens (tertiary/aromatic N) is 3. The van der Waals surface area contributed by atoms with Gasteiger partial charge in [-0.25, -0.2) is 9.97 Å². The molecule has 0 bridgehead atoms. The SMILES string of the molecule is Cc1ccnc([C@H]2CN(C(=O)c3ccc4c(c3)CCC4)CCO2)n1. The van der Waals surface area contributed by atoms with Crippen molar-refractivity contribution in [2.24, 2.45) is 0 Å². The van der Waals surface area contributed by atoms with E-state index in [1.807, 2.05) is 24.0 Å². The number of aryl methyl sites for hydroxylation is 3. The summed E-state index contributed by atoms with van der Waals surface area (Å²) in [6.07, 6.45) is 4.89. The van der Waals surface area contributed by atoms with Crippen LogP contribution >= 0.6 is 0 Å². The van der Waals surface area contributed by atoms with Crippen molar-refractivity contribution in [1.29, 1.82) is 0 Å². The van der Waals surface area contributed by atoms with Crippen LogP contribution in [0.3, 0.4) is 0 Å². The Labute approximate surface area is 141 Å². The summed E-state index contributed by atoms with van der Waals surface area (Å²) in [6.45, 7) is 3.55. The average molecular weight is 323 g/mol. The number of hydrogen-bond donors (Lipinski definition) is 0. The largest absolute Gasteiger partial charge is 0.367 e. The number of fused-ring (bicyclic) bond motifs is 1. The molecule has 4 rings (SSSR count). The van der Waals surface area contributed by atoms with E-state index in [0.717, 1.165) is 24.1 Å². The van der Waals surface area contributed by atoms with Gasteiger partial charge in [0.2, 0.25) is 0 Å². The van der Waals surface area contributed by atoms with Gasteiger partial charge < -0.3 is 9.64 Å². The van der Waals surface area contributed by atoms with Crippen LogP contribution in [-0.2, 0) is 17.6 Å². The normalized spacial score (nSPS) is 20.0. The van der Waals surface area contributed by atoms with Crippen molar-refractivity contribution in [2.75, 3.05) is 19.7 Å². The summed E-state index contributed by atoms with van der Waals surface area (Å²) < 4.78 is 5.79. The lowest BCUT2D eigenvalue weighted by Crippen LogP contribution is -2.42. The first-order valence-corrected chi connectivity index (χ1v) is 8.53. The van der Waals surface area contributed by atoms with Gasteiger partial charge in [0.15, 0.2) is 5.82 Å². The maximum atomic E-state index is 12.9. The van der Waals surface area contributed by atoms with Crippen molar-refractivity contribution in [1.82, 2.24) is 14.9 Å². The van der Waals surface area contributed by atoms with Crippen LogP contribution in [0.1, 0.15) is 45.5 Å². The van der Waals surface area contributed by atoms with Crippen molar-refractivity contribution in [2.45, 2.75) is 32.3 Å². The highest BCUT2D eigenvalue weighted by atomic mass is 16.5. The monoisotopic (exact) mass is 323 g/mol. The van der Waals surface area contributed by atoms with Crippen molar-refractivity contribution in [3.8, 4) is 0 Å². The van der Waals surface area contributed by atoms with Gasteiger partial charge in [-0.15, -0.1) is 0 Å². The highest BCUT2D eigenvalue weighted by Crippen LogP contribution is 2.25. The maximum Gasteiger partial charge on any atom is 0.254 e.